The average Bonchev–Trinajstić information content (AvgIpc) is 3.11. The predicted molar refractivity (Wildman–Crippen MR) is 118 cm³/mol. The molecule has 0 saturated heterocycles. The van der Waals surface area contributed by atoms with E-state index < -0.39 is 29.6 Å². The van der Waals surface area contributed by atoms with Gasteiger partial charge in [0.15, 0.2) is 0 Å². The highest BCUT2D eigenvalue weighted by Gasteiger charge is 2.50. The van der Waals surface area contributed by atoms with Gasteiger partial charge in [-0.05, 0) is 44.5 Å². The van der Waals surface area contributed by atoms with Gasteiger partial charge in [-0.15, -0.1) is 0 Å². The Labute approximate surface area is 189 Å². The van der Waals surface area contributed by atoms with Crippen molar-refractivity contribution in [3.05, 3.63) is 64.1 Å². The zero-order valence-electron chi connectivity index (χ0n) is 17.6. The fourth-order valence-electron chi connectivity index (χ4n) is 3.07. The molecule has 0 fully saturated rings. The number of nitrogens with zero attached hydrogens (tertiary/aromatic N) is 1. The van der Waals surface area contributed by atoms with Gasteiger partial charge in [0.1, 0.15) is 18.0 Å². The van der Waals surface area contributed by atoms with Crippen LogP contribution in [0.15, 0.2) is 58.2 Å². The third-order valence-electron chi connectivity index (χ3n) is 4.52. The molecule has 1 heterocycles. The number of hydrogen-bond donors (Lipinski definition) is 1. The molecular formula is C23H24BrNO6. The highest BCUT2D eigenvalue weighted by molar-refractivity contribution is 9.10. The number of esters is 1. The second kappa shape index (κ2) is 9.09. The molecule has 0 radical (unpaired) electrons. The fraction of sp³-hybridized carbons (Fsp3) is 0.348. The van der Waals surface area contributed by atoms with Gasteiger partial charge in [0.05, 0.1) is 12.1 Å². The second-order valence-electron chi connectivity index (χ2n) is 8.28. The van der Waals surface area contributed by atoms with Crippen molar-refractivity contribution in [3.8, 4) is 5.75 Å². The van der Waals surface area contributed by atoms with E-state index in [1.54, 1.807) is 39.0 Å². The Balaban J connectivity index is 1.75. The largest absolute Gasteiger partial charge is 0.489 e. The van der Waals surface area contributed by atoms with Crippen LogP contribution in [-0.2, 0) is 25.8 Å². The van der Waals surface area contributed by atoms with Gasteiger partial charge < -0.3 is 19.4 Å². The van der Waals surface area contributed by atoms with E-state index in [9.17, 15) is 14.7 Å². The maximum atomic E-state index is 12.3. The van der Waals surface area contributed by atoms with Crippen LogP contribution in [0.4, 0.5) is 0 Å². The van der Waals surface area contributed by atoms with Gasteiger partial charge in [-0.1, -0.05) is 51.4 Å². The van der Waals surface area contributed by atoms with Crippen LogP contribution in [0.2, 0.25) is 0 Å². The Hall–Kier alpha value is -2.87. The number of carbonyl (C=O) groups excluding carboxylic acids is 1. The molecule has 3 rings (SSSR count). The topological polar surface area (TPSA) is 94.4 Å². The lowest BCUT2D eigenvalue weighted by molar-refractivity contribution is -0.175. The Morgan fingerprint density at radius 3 is 2.55 bits per heavy atom. The molecule has 2 aromatic rings. The van der Waals surface area contributed by atoms with Gasteiger partial charge in [-0.2, -0.15) is 0 Å². The van der Waals surface area contributed by atoms with E-state index in [-0.39, 0.29) is 6.42 Å². The molecule has 1 aliphatic heterocycles. The lowest BCUT2D eigenvalue weighted by Crippen LogP contribution is -2.42. The van der Waals surface area contributed by atoms with Crippen molar-refractivity contribution >= 4 is 33.6 Å². The molecule has 1 aliphatic rings. The summed E-state index contributed by atoms with van der Waals surface area (Å²) < 4.78 is 11.8. The molecule has 164 valence electrons. The van der Waals surface area contributed by atoms with E-state index in [4.69, 9.17) is 14.3 Å². The summed E-state index contributed by atoms with van der Waals surface area (Å²) in [5, 5.41) is 13.8. The van der Waals surface area contributed by atoms with Gasteiger partial charge in [0.2, 0.25) is 5.60 Å². The van der Waals surface area contributed by atoms with Crippen molar-refractivity contribution in [2.45, 2.75) is 51.4 Å². The molecule has 0 amide bonds. The number of oxime groups is 1. The number of aliphatic carboxylic acids is 1. The summed E-state index contributed by atoms with van der Waals surface area (Å²) in [6.07, 6.45) is -0.531. The van der Waals surface area contributed by atoms with Crippen LogP contribution in [0, 0.1) is 0 Å². The van der Waals surface area contributed by atoms with Crippen LogP contribution in [0.3, 0.4) is 0 Å². The molecular weight excluding hydrogens is 466 g/mol. The van der Waals surface area contributed by atoms with Crippen LogP contribution in [0.5, 0.6) is 5.75 Å². The molecule has 0 saturated carbocycles. The first-order valence-electron chi connectivity index (χ1n) is 9.75. The quantitative estimate of drug-likeness (QED) is 0.566. The van der Waals surface area contributed by atoms with Crippen molar-refractivity contribution in [1.29, 1.82) is 0 Å². The van der Waals surface area contributed by atoms with Gasteiger partial charge in [0.25, 0.3) is 0 Å². The van der Waals surface area contributed by atoms with Crippen molar-refractivity contribution < 1.29 is 29.0 Å². The summed E-state index contributed by atoms with van der Waals surface area (Å²) in [5.41, 5.74) is -0.471. The summed E-state index contributed by atoms with van der Waals surface area (Å²) in [5.74, 6) is -1.33. The van der Waals surface area contributed by atoms with Crippen LogP contribution < -0.4 is 4.74 Å². The second-order valence-corrected chi connectivity index (χ2v) is 9.14. The lowest BCUT2D eigenvalue weighted by Gasteiger charge is -2.24. The van der Waals surface area contributed by atoms with E-state index >= 15 is 0 Å². The third kappa shape index (κ3) is 5.85. The summed E-state index contributed by atoms with van der Waals surface area (Å²) in [6, 6.07) is 15.1. The number of hydrogen-bond acceptors (Lipinski definition) is 6. The molecule has 1 atom stereocenters. The highest BCUT2D eigenvalue weighted by Crippen LogP contribution is 2.35. The minimum absolute atomic E-state index is 0.0810. The highest BCUT2D eigenvalue weighted by atomic mass is 79.9. The van der Waals surface area contributed by atoms with Gasteiger partial charge >= 0.3 is 11.9 Å². The molecule has 1 unspecified atom stereocenters. The average molecular weight is 490 g/mol. The molecule has 7 nitrogen and oxygen atoms in total. The van der Waals surface area contributed by atoms with E-state index in [0.717, 1.165) is 5.56 Å². The maximum absolute atomic E-state index is 12.3. The Morgan fingerprint density at radius 2 is 1.90 bits per heavy atom. The summed E-state index contributed by atoms with van der Waals surface area (Å²) in [4.78, 5) is 29.5. The van der Waals surface area contributed by atoms with Gasteiger partial charge in [-0.3, -0.25) is 4.79 Å². The van der Waals surface area contributed by atoms with Gasteiger partial charge in [0, 0.05) is 16.5 Å². The number of carbonyl (C=O) groups is 2. The smallest absolute Gasteiger partial charge is 0.351 e. The first kappa shape index (κ1) is 22.8. The zero-order chi connectivity index (χ0) is 22.6. The lowest BCUT2D eigenvalue weighted by atomic mass is 9.91. The summed E-state index contributed by atoms with van der Waals surface area (Å²) >= 11 is 3.47. The van der Waals surface area contributed by atoms with Crippen molar-refractivity contribution in [2.75, 3.05) is 0 Å². The van der Waals surface area contributed by atoms with Crippen LogP contribution in [-0.4, -0.2) is 34.0 Å². The standard InChI is InChI=1S/C23H24BrNO6/c1-22(2,3)30-20(26)13-23(21(27)28)12-19(25-31-23)17-11-16(9-10-18(17)24)29-14-15-7-5-4-6-8-15/h4-11H,12-14H2,1-3H3,(H,27,28). The van der Waals surface area contributed by atoms with Crippen LogP contribution in [0.25, 0.3) is 0 Å². The zero-order valence-corrected chi connectivity index (χ0v) is 19.1. The minimum atomic E-state index is -1.81. The van der Waals surface area contributed by atoms with Crippen molar-refractivity contribution in [3.63, 3.8) is 0 Å². The van der Waals surface area contributed by atoms with Gasteiger partial charge in [-0.25, -0.2) is 4.79 Å². The number of carboxylic acids is 1. The van der Waals surface area contributed by atoms with E-state index in [2.05, 4.69) is 21.1 Å². The molecule has 0 aromatic heterocycles. The number of halogens is 1. The van der Waals surface area contributed by atoms with Crippen LogP contribution >= 0.6 is 15.9 Å². The first-order valence-corrected chi connectivity index (χ1v) is 10.5. The summed E-state index contributed by atoms with van der Waals surface area (Å²) in [6.45, 7) is 5.54. The molecule has 2 aromatic carbocycles. The van der Waals surface area contributed by atoms with E-state index in [1.165, 1.54) is 0 Å². The SMILES string of the molecule is CC(C)(C)OC(=O)CC1(C(=O)O)CC(c2cc(OCc3ccccc3)ccc2Br)=NO1. The Kier molecular flexibility index (Phi) is 6.69. The van der Waals surface area contributed by atoms with E-state index in [0.29, 0.717) is 28.1 Å². The number of ether oxygens (including phenoxy) is 2. The Bertz CT molecular complexity index is 999. The number of rotatable bonds is 7. The normalized spacial score (nSPS) is 18.1. The molecule has 31 heavy (non-hydrogen) atoms. The minimum Gasteiger partial charge on any atom is -0.489 e. The molecule has 1 N–H and O–H groups in total. The third-order valence-corrected chi connectivity index (χ3v) is 5.21. The molecule has 0 spiro atoms. The van der Waals surface area contributed by atoms with Crippen LogP contribution in [0.1, 0.15) is 44.7 Å². The first-order chi connectivity index (χ1) is 14.6. The van der Waals surface area contributed by atoms with Crippen molar-refractivity contribution in [2.24, 2.45) is 5.16 Å². The number of benzene rings is 2. The maximum Gasteiger partial charge on any atom is 0.351 e. The predicted octanol–water partition coefficient (Wildman–Crippen LogP) is 4.71. The number of carboxylic acid groups (broad SMARTS) is 1. The molecule has 0 bridgehead atoms. The molecule has 0 aliphatic carbocycles. The monoisotopic (exact) mass is 489 g/mol. The molecule has 8 heteroatoms. The fourth-order valence-corrected chi connectivity index (χ4v) is 3.55. The summed E-state index contributed by atoms with van der Waals surface area (Å²) in [7, 11) is 0. The van der Waals surface area contributed by atoms with E-state index in [1.807, 2.05) is 30.3 Å². The Morgan fingerprint density at radius 1 is 1.19 bits per heavy atom. The van der Waals surface area contributed by atoms with Crippen molar-refractivity contribution in [1.82, 2.24) is 0 Å².